The smallest absolute Gasteiger partial charge is 0.324 e. The predicted octanol–water partition coefficient (Wildman–Crippen LogP) is 6.59. The zero-order chi connectivity index (χ0) is 21.0. The Bertz CT molecular complexity index is 298. The molecule has 10 heteroatoms. The maximum atomic E-state index is 5.63. The van der Waals surface area contributed by atoms with Gasteiger partial charge >= 0.3 is 18.6 Å². The van der Waals surface area contributed by atoms with Crippen molar-refractivity contribution in [3.63, 3.8) is 0 Å². The van der Waals surface area contributed by atoms with Crippen LogP contribution in [0.3, 0.4) is 0 Å². The molecule has 28 heavy (non-hydrogen) atoms. The van der Waals surface area contributed by atoms with E-state index in [-0.39, 0.29) is 0 Å². The molecule has 0 heterocycles. The van der Waals surface area contributed by atoms with Crippen molar-refractivity contribution in [1.82, 2.24) is 0 Å². The molecule has 0 aliphatic rings. The van der Waals surface area contributed by atoms with Crippen molar-refractivity contribution in [3.8, 4) is 0 Å². The van der Waals surface area contributed by atoms with Crippen LogP contribution in [-0.2, 0) is 17.7 Å². The molecule has 0 saturated carbocycles. The molecule has 0 aliphatic heterocycles. The van der Waals surface area contributed by atoms with E-state index < -0.39 is 18.6 Å². The van der Waals surface area contributed by atoms with Crippen molar-refractivity contribution >= 4 is 59.8 Å². The molecule has 0 spiro atoms. The van der Waals surface area contributed by atoms with Crippen molar-refractivity contribution in [2.45, 2.75) is 76.3 Å². The quantitative estimate of drug-likeness (QED) is 0.0980. The van der Waals surface area contributed by atoms with Crippen LogP contribution in [0.4, 0.5) is 0 Å². The average molecular weight is 507 g/mol. The number of rotatable bonds is 21. The first-order valence-electron chi connectivity index (χ1n) is 10.4. The van der Waals surface area contributed by atoms with Crippen molar-refractivity contribution in [1.29, 1.82) is 0 Å². The van der Waals surface area contributed by atoms with E-state index in [2.05, 4.69) is 13.8 Å². The Hall–Kier alpha value is 1.67. The highest BCUT2D eigenvalue weighted by molar-refractivity contribution is 9.26. The number of hydrogen-bond donors (Lipinski definition) is 0. The van der Waals surface area contributed by atoms with E-state index in [0.29, 0.717) is 11.1 Å². The lowest BCUT2D eigenvalue weighted by molar-refractivity contribution is 0.260. The van der Waals surface area contributed by atoms with E-state index in [9.17, 15) is 0 Å². The Kier molecular flexibility index (Phi) is 23.2. The van der Waals surface area contributed by atoms with Gasteiger partial charge in [-0.25, -0.2) is 0 Å². The summed E-state index contributed by atoms with van der Waals surface area (Å²) in [6.07, 6.45) is 9.93. The standard InChI is InChI=1S/C18H42O4S4Si2/c1-7-9-11-17(27(19-3)20-4)13-15-23-25-26-24-16-14-18(12-10-8-2)28(21-5)22-6/h17-18,27-28H,7-16H2,1-6H3. The molecule has 0 N–H and O–H groups in total. The monoisotopic (exact) mass is 506 g/mol. The van der Waals surface area contributed by atoms with Crippen molar-refractivity contribution in [2.75, 3.05) is 39.9 Å². The molecule has 0 aromatic heterocycles. The van der Waals surface area contributed by atoms with E-state index in [4.69, 9.17) is 17.7 Å². The third kappa shape index (κ3) is 14.6. The van der Waals surface area contributed by atoms with E-state index in [1.54, 1.807) is 0 Å². The molecule has 2 unspecified atom stereocenters. The van der Waals surface area contributed by atoms with Crippen LogP contribution in [0.2, 0.25) is 11.1 Å². The molecule has 0 aromatic carbocycles. The molecule has 4 nitrogen and oxygen atoms in total. The SMILES string of the molecule is CCCCC(CCSSSSCCC(CCCC)[SiH](OC)OC)[SiH](OC)OC. The minimum atomic E-state index is -1.50. The van der Waals surface area contributed by atoms with E-state index in [1.807, 2.05) is 69.7 Å². The van der Waals surface area contributed by atoms with E-state index in [0.717, 1.165) is 0 Å². The summed E-state index contributed by atoms with van der Waals surface area (Å²) < 4.78 is 22.5. The first kappa shape index (κ1) is 29.7. The fraction of sp³-hybridized carbons (Fsp3) is 1.00. The van der Waals surface area contributed by atoms with Gasteiger partial charge in [0.25, 0.3) is 0 Å². The fourth-order valence-electron chi connectivity index (χ4n) is 3.23. The topological polar surface area (TPSA) is 36.9 Å². The van der Waals surface area contributed by atoms with Crippen molar-refractivity contribution in [3.05, 3.63) is 0 Å². The lowest BCUT2D eigenvalue weighted by atomic mass is 10.1. The summed E-state index contributed by atoms with van der Waals surface area (Å²) in [4.78, 5) is 0. The first-order valence-corrected chi connectivity index (χ1v) is 18.7. The van der Waals surface area contributed by atoms with Gasteiger partial charge in [0.15, 0.2) is 0 Å². The van der Waals surface area contributed by atoms with Crippen LogP contribution >= 0.6 is 41.2 Å². The van der Waals surface area contributed by atoms with Crippen molar-refractivity contribution in [2.24, 2.45) is 0 Å². The Morgan fingerprint density at radius 2 is 0.964 bits per heavy atom. The lowest BCUT2D eigenvalue weighted by Crippen LogP contribution is -2.26. The molecule has 0 aromatic rings. The van der Waals surface area contributed by atoms with Crippen LogP contribution in [0.15, 0.2) is 0 Å². The van der Waals surface area contributed by atoms with Gasteiger partial charge in [0, 0.05) is 51.0 Å². The van der Waals surface area contributed by atoms with Crippen LogP contribution in [0.1, 0.15) is 65.2 Å². The second-order valence-electron chi connectivity index (χ2n) is 6.84. The molecule has 0 fully saturated rings. The van der Waals surface area contributed by atoms with Gasteiger partial charge in [-0.3, -0.25) is 0 Å². The molecule has 0 bridgehead atoms. The van der Waals surface area contributed by atoms with E-state index >= 15 is 0 Å². The first-order chi connectivity index (χ1) is 13.7. The summed E-state index contributed by atoms with van der Waals surface area (Å²) >= 11 is 0. The van der Waals surface area contributed by atoms with Crippen LogP contribution in [0, 0.1) is 0 Å². The van der Waals surface area contributed by atoms with Gasteiger partial charge in [0.2, 0.25) is 0 Å². The third-order valence-corrected chi connectivity index (χ3v) is 16.1. The molecular formula is C18H42O4S4Si2. The Balaban J connectivity index is 3.95. The summed E-state index contributed by atoms with van der Waals surface area (Å²) in [6.45, 7) is 4.50. The summed E-state index contributed by atoms with van der Waals surface area (Å²) in [6, 6.07) is 0. The minimum Gasteiger partial charge on any atom is -0.400 e. The van der Waals surface area contributed by atoms with Crippen LogP contribution in [0.25, 0.3) is 0 Å². The predicted molar refractivity (Wildman–Crippen MR) is 138 cm³/mol. The normalized spacial score (nSPS) is 14.1. The largest absolute Gasteiger partial charge is 0.400 e. The minimum absolute atomic E-state index is 0.630. The molecule has 2 atom stereocenters. The van der Waals surface area contributed by atoms with E-state index in [1.165, 1.54) is 62.9 Å². The summed E-state index contributed by atoms with van der Waals surface area (Å²) in [5, 5.41) is 0. The third-order valence-electron chi connectivity index (χ3n) is 4.82. The zero-order valence-corrected chi connectivity index (χ0v) is 24.2. The van der Waals surface area contributed by atoms with Crippen LogP contribution < -0.4 is 0 Å². The molecular weight excluding hydrogens is 465 g/mol. The van der Waals surface area contributed by atoms with Gasteiger partial charge in [-0.1, -0.05) is 61.1 Å². The van der Waals surface area contributed by atoms with Gasteiger partial charge in [-0.2, -0.15) is 0 Å². The maximum Gasteiger partial charge on any atom is 0.324 e. The Morgan fingerprint density at radius 3 is 1.25 bits per heavy atom. The van der Waals surface area contributed by atoms with Gasteiger partial charge in [0.1, 0.15) is 0 Å². The highest BCUT2D eigenvalue weighted by atomic mass is 33.7. The van der Waals surface area contributed by atoms with Gasteiger partial charge in [0.05, 0.1) is 0 Å². The molecule has 0 rings (SSSR count). The number of unbranched alkanes of at least 4 members (excludes halogenated alkanes) is 2. The zero-order valence-electron chi connectivity index (χ0n) is 18.6. The van der Waals surface area contributed by atoms with Crippen LogP contribution in [-0.4, -0.2) is 58.5 Å². The highest BCUT2D eigenvalue weighted by Gasteiger charge is 2.24. The van der Waals surface area contributed by atoms with Gasteiger partial charge in [-0.15, -0.1) is 0 Å². The fourth-order valence-corrected chi connectivity index (χ4v) is 13.8. The number of hydrogen-bond acceptors (Lipinski definition) is 8. The average Bonchev–Trinajstić information content (AvgIpc) is 2.72. The van der Waals surface area contributed by atoms with Gasteiger partial charge in [-0.05, 0) is 45.3 Å². The van der Waals surface area contributed by atoms with Gasteiger partial charge < -0.3 is 17.7 Å². The Labute approximate surface area is 193 Å². The van der Waals surface area contributed by atoms with Crippen LogP contribution in [0.5, 0.6) is 0 Å². The molecule has 0 aliphatic carbocycles. The molecule has 170 valence electrons. The molecule has 0 radical (unpaired) electrons. The summed E-state index contributed by atoms with van der Waals surface area (Å²) in [5.41, 5.74) is 1.26. The Morgan fingerprint density at radius 1 is 0.607 bits per heavy atom. The molecule has 0 amide bonds. The second-order valence-corrected chi connectivity index (χ2v) is 18.3. The van der Waals surface area contributed by atoms with Crippen molar-refractivity contribution < 1.29 is 17.7 Å². The molecule has 0 saturated heterocycles. The second kappa shape index (κ2) is 21.9. The summed E-state index contributed by atoms with van der Waals surface area (Å²) in [5.74, 6) is 2.34. The maximum absolute atomic E-state index is 5.63. The highest BCUT2D eigenvalue weighted by Crippen LogP contribution is 2.45. The lowest BCUT2D eigenvalue weighted by Gasteiger charge is -2.22. The summed E-state index contributed by atoms with van der Waals surface area (Å²) in [7, 11) is 12.0.